The third-order valence-electron chi connectivity index (χ3n) is 6.65. The topological polar surface area (TPSA) is 123 Å². The van der Waals surface area contributed by atoms with Gasteiger partial charge in [0.25, 0.3) is 5.56 Å². The van der Waals surface area contributed by atoms with Crippen LogP contribution in [0.25, 0.3) is 0 Å². The third-order valence-corrected chi connectivity index (χ3v) is 10.3. The van der Waals surface area contributed by atoms with E-state index in [0.717, 1.165) is 0 Å². The number of aliphatic hydroxyl groups excluding tert-OH is 1. The van der Waals surface area contributed by atoms with Gasteiger partial charge in [0.05, 0.1) is 6.61 Å². The molecule has 0 bridgehead atoms. The molecular formula is C23H32N2O7SSi. The van der Waals surface area contributed by atoms with Crippen molar-refractivity contribution in [1.29, 1.82) is 0 Å². The van der Waals surface area contributed by atoms with E-state index in [2.05, 4.69) is 4.98 Å². The van der Waals surface area contributed by atoms with Crippen LogP contribution in [0.4, 0.5) is 0 Å². The number of hydrogen-bond acceptors (Lipinski definition) is 8. The first kappa shape index (κ1) is 26.3. The summed E-state index contributed by atoms with van der Waals surface area (Å²) >= 11 is 5.32. The van der Waals surface area contributed by atoms with Crippen molar-refractivity contribution < 1.29 is 24.1 Å². The van der Waals surface area contributed by atoms with E-state index in [-0.39, 0.29) is 11.8 Å². The summed E-state index contributed by atoms with van der Waals surface area (Å²) in [5.74, 6) is 0.00294. The lowest BCUT2D eigenvalue weighted by Crippen LogP contribution is -2.44. The molecule has 3 N–H and O–H groups in total. The largest absolute Gasteiger partial charge is 0.450 e. The third kappa shape index (κ3) is 5.66. The fourth-order valence-corrected chi connectivity index (χ4v) is 4.87. The predicted octanol–water partition coefficient (Wildman–Crippen LogP) is 2.47. The number of aromatic nitrogens is 2. The van der Waals surface area contributed by atoms with E-state index in [1.165, 1.54) is 10.8 Å². The number of nitrogens with zero attached hydrogens (tertiary/aromatic N) is 1. The monoisotopic (exact) mass is 508 g/mol. The molecule has 3 rings (SSSR count). The fraction of sp³-hybridized carbons (Fsp3) is 0.522. The summed E-state index contributed by atoms with van der Waals surface area (Å²) in [5, 5.41) is 9.42. The summed E-state index contributed by atoms with van der Waals surface area (Å²) < 4.78 is 19.0. The Morgan fingerprint density at radius 2 is 1.91 bits per heavy atom. The minimum atomic E-state index is -2.66. The van der Waals surface area contributed by atoms with Crippen LogP contribution in [-0.2, 0) is 9.47 Å². The predicted molar refractivity (Wildman–Crippen MR) is 133 cm³/mol. The summed E-state index contributed by atoms with van der Waals surface area (Å²) in [6, 6.07) is 8.91. The number of para-hydroxylation sites is 1. The van der Waals surface area contributed by atoms with Gasteiger partial charge in [-0.25, -0.2) is 4.79 Å². The van der Waals surface area contributed by atoms with Crippen LogP contribution in [-0.4, -0.2) is 51.8 Å². The summed E-state index contributed by atoms with van der Waals surface area (Å²) in [6.45, 7) is 8.81. The van der Waals surface area contributed by atoms with Crippen molar-refractivity contribution in [3.8, 4) is 5.75 Å². The molecule has 4 atom stereocenters. The molecule has 1 saturated heterocycles. The van der Waals surface area contributed by atoms with Crippen LogP contribution in [0.3, 0.4) is 0 Å². The van der Waals surface area contributed by atoms with Gasteiger partial charge in [0.2, 0.25) is 0 Å². The maximum Gasteiger partial charge on any atom is 0.358 e. The minimum absolute atomic E-state index is 0.146. The molecule has 9 nitrogen and oxygen atoms in total. The standard InChI is InChI=1S/C23H32N2O7SSi/c1-14-12-25(21(28)24-19(14)27)20-16(11-23(2,3)34(4,5)29)18(17(13-26)31-20)32-22(33)30-15-9-7-6-8-10-15/h6-10,12,16-18,20,26,29H,11,13H2,1-5H3,(H,24,27,28)/t16-,17+,18?,20+/m0/s1. The zero-order valence-corrected chi connectivity index (χ0v) is 21.8. The van der Waals surface area contributed by atoms with Crippen molar-refractivity contribution in [3.05, 3.63) is 62.9 Å². The highest BCUT2D eigenvalue weighted by molar-refractivity contribution is 7.79. The minimum Gasteiger partial charge on any atom is -0.450 e. The van der Waals surface area contributed by atoms with Crippen LogP contribution in [0.5, 0.6) is 5.75 Å². The van der Waals surface area contributed by atoms with Gasteiger partial charge < -0.3 is 24.1 Å². The molecule has 0 amide bonds. The SMILES string of the molecule is Cc1cn([C@@H]2O[C@H](CO)C(OC(=S)Oc3ccccc3)[C@@H]2CC(C)(C)[Si](C)(C)O)c(=O)[nH]c1=O. The second kappa shape index (κ2) is 10.1. The number of H-pyrrole nitrogens is 1. The van der Waals surface area contributed by atoms with E-state index >= 15 is 0 Å². The first-order valence-corrected chi connectivity index (χ1v) is 14.4. The van der Waals surface area contributed by atoms with Crippen LogP contribution in [0.1, 0.15) is 32.1 Å². The Hall–Kier alpha value is -2.31. The number of benzene rings is 1. The van der Waals surface area contributed by atoms with Crippen LogP contribution in [0.15, 0.2) is 46.1 Å². The Labute approximate surface area is 204 Å². The molecule has 0 spiro atoms. The molecule has 1 fully saturated rings. The molecule has 2 aromatic rings. The quantitative estimate of drug-likeness (QED) is 0.385. The Morgan fingerprint density at radius 1 is 1.26 bits per heavy atom. The fourth-order valence-electron chi connectivity index (χ4n) is 3.93. The van der Waals surface area contributed by atoms with Crippen molar-refractivity contribution in [2.24, 2.45) is 5.92 Å². The average Bonchev–Trinajstić information content (AvgIpc) is 3.07. The lowest BCUT2D eigenvalue weighted by atomic mass is 9.89. The molecule has 0 saturated carbocycles. The summed E-state index contributed by atoms with van der Waals surface area (Å²) in [4.78, 5) is 37.8. The summed E-state index contributed by atoms with van der Waals surface area (Å²) in [5.41, 5.74) is -0.778. The van der Waals surface area contributed by atoms with Crippen molar-refractivity contribution in [3.63, 3.8) is 0 Å². The highest BCUT2D eigenvalue weighted by Gasteiger charge is 2.52. The van der Waals surface area contributed by atoms with E-state index in [1.54, 1.807) is 31.2 Å². The van der Waals surface area contributed by atoms with Crippen LogP contribution in [0.2, 0.25) is 18.1 Å². The molecule has 34 heavy (non-hydrogen) atoms. The van der Waals surface area contributed by atoms with E-state index in [1.807, 2.05) is 33.0 Å². The van der Waals surface area contributed by atoms with Crippen LogP contribution >= 0.6 is 12.2 Å². The van der Waals surface area contributed by atoms with Gasteiger partial charge in [-0.05, 0) is 43.6 Å². The molecule has 1 aromatic heterocycles. The molecule has 2 heterocycles. The molecule has 1 aliphatic heterocycles. The first-order valence-electron chi connectivity index (χ1n) is 11.1. The van der Waals surface area contributed by atoms with E-state index in [9.17, 15) is 19.5 Å². The second-order valence-corrected chi connectivity index (χ2v) is 14.6. The highest BCUT2D eigenvalue weighted by Crippen LogP contribution is 2.49. The molecule has 1 unspecified atom stereocenters. The van der Waals surface area contributed by atoms with Gasteiger partial charge >= 0.3 is 10.9 Å². The number of rotatable bonds is 7. The van der Waals surface area contributed by atoms with Crippen LogP contribution in [0, 0.1) is 12.8 Å². The molecule has 0 radical (unpaired) electrons. The summed E-state index contributed by atoms with van der Waals surface area (Å²) in [7, 11) is -2.66. The van der Waals surface area contributed by atoms with E-state index < -0.39 is 49.0 Å². The lowest BCUT2D eigenvalue weighted by Gasteiger charge is -2.39. The molecule has 1 aromatic carbocycles. The number of hydrogen-bond donors (Lipinski definition) is 3. The van der Waals surface area contributed by atoms with Gasteiger partial charge in [0.1, 0.15) is 24.2 Å². The Kier molecular flexibility index (Phi) is 7.83. The molecule has 1 aliphatic rings. The maximum atomic E-state index is 12.7. The maximum absolute atomic E-state index is 12.7. The lowest BCUT2D eigenvalue weighted by molar-refractivity contribution is -0.0483. The van der Waals surface area contributed by atoms with E-state index in [4.69, 9.17) is 26.4 Å². The van der Waals surface area contributed by atoms with Gasteiger partial charge in [0.15, 0.2) is 8.32 Å². The van der Waals surface area contributed by atoms with Crippen molar-refractivity contribution in [2.45, 2.75) is 63.8 Å². The number of aliphatic hydroxyl groups is 1. The Balaban J connectivity index is 1.99. The molecule has 186 valence electrons. The first-order chi connectivity index (χ1) is 15.8. The van der Waals surface area contributed by atoms with E-state index in [0.29, 0.717) is 17.7 Å². The highest BCUT2D eigenvalue weighted by atomic mass is 32.1. The smallest absolute Gasteiger partial charge is 0.358 e. The van der Waals surface area contributed by atoms with Gasteiger partial charge in [0, 0.05) is 29.9 Å². The number of ether oxygens (including phenoxy) is 3. The Bertz CT molecular complexity index is 1130. The number of aryl methyl sites for hydroxylation is 1. The summed E-state index contributed by atoms with van der Waals surface area (Å²) in [6.07, 6.45) is -0.595. The zero-order chi connectivity index (χ0) is 25.3. The van der Waals surface area contributed by atoms with Crippen molar-refractivity contribution in [1.82, 2.24) is 9.55 Å². The number of thiocarbonyl (C=S) groups is 1. The van der Waals surface area contributed by atoms with Crippen LogP contribution < -0.4 is 16.0 Å². The molecule has 0 aliphatic carbocycles. The van der Waals surface area contributed by atoms with Gasteiger partial charge in [-0.3, -0.25) is 14.3 Å². The van der Waals surface area contributed by atoms with Gasteiger partial charge in [-0.2, -0.15) is 0 Å². The number of nitrogens with one attached hydrogen (secondary N) is 1. The Morgan fingerprint density at radius 3 is 2.50 bits per heavy atom. The zero-order valence-electron chi connectivity index (χ0n) is 20.0. The average molecular weight is 509 g/mol. The van der Waals surface area contributed by atoms with Gasteiger partial charge in [-0.15, -0.1) is 0 Å². The normalized spacial score (nSPS) is 23.0. The molecular weight excluding hydrogens is 476 g/mol. The van der Waals surface area contributed by atoms with Gasteiger partial charge in [-0.1, -0.05) is 32.0 Å². The second-order valence-electron chi connectivity index (χ2n) is 9.78. The van der Waals surface area contributed by atoms with Crippen molar-refractivity contribution in [2.75, 3.05) is 6.61 Å². The molecule has 11 heteroatoms. The number of aromatic amines is 1. The van der Waals surface area contributed by atoms with Crippen molar-refractivity contribution >= 4 is 25.8 Å².